The van der Waals surface area contributed by atoms with Crippen molar-refractivity contribution in [2.75, 3.05) is 19.6 Å². The number of carbonyl (C=O) groups excluding carboxylic acids is 1. The normalized spacial score (nSPS) is 16.7. The van der Waals surface area contributed by atoms with Crippen molar-refractivity contribution in [3.63, 3.8) is 0 Å². The van der Waals surface area contributed by atoms with Crippen LogP contribution in [0.2, 0.25) is 5.15 Å². The summed E-state index contributed by atoms with van der Waals surface area (Å²) < 4.78 is 0. The number of likely N-dealkylation sites (tertiary alicyclic amines) is 1. The number of nitro groups is 1. The van der Waals surface area contributed by atoms with Crippen LogP contribution in [0.5, 0.6) is 0 Å². The van der Waals surface area contributed by atoms with Crippen LogP contribution in [0.15, 0.2) is 12.3 Å². The molecule has 1 aliphatic heterocycles. The first-order chi connectivity index (χ1) is 10.0. The second kappa shape index (κ2) is 6.82. The molecule has 0 radical (unpaired) electrons. The Bertz CT molecular complexity index is 546. The third-order valence-corrected chi connectivity index (χ3v) is 3.91. The molecule has 1 N–H and O–H groups in total. The first-order valence-electron chi connectivity index (χ1n) is 6.82. The maximum absolute atomic E-state index is 12.1. The average molecular weight is 313 g/mol. The third kappa shape index (κ3) is 3.68. The van der Waals surface area contributed by atoms with Crippen LogP contribution in [0.1, 0.15) is 30.1 Å². The van der Waals surface area contributed by atoms with Gasteiger partial charge < -0.3 is 5.32 Å². The number of nitrogens with one attached hydrogen (secondary N) is 1. The Morgan fingerprint density at radius 3 is 2.86 bits per heavy atom. The van der Waals surface area contributed by atoms with Gasteiger partial charge in [0.2, 0.25) is 5.15 Å². The number of amides is 1. The molecule has 0 spiro atoms. The number of nitrogens with zero attached hydrogens (tertiary/aromatic N) is 3. The highest BCUT2D eigenvalue weighted by molar-refractivity contribution is 6.32. The van der Waals surface area contributed by atoms with E-state index in [1.807, 2.05) is 6.92 Å². The van der Waals surface area contributed by atoms with E-state index in [0.29, 0.717) is 6.54 Å². The monoisotopic (exact) mass is 312 g/mol. The first kappa shape index (κ1) is 15.7. The molecule has 0 aliphatic carbocycles. The quantitative estimate of drug-likeness (QED) is 0.509. The summed E-state index contributed by atoms with van der Waals surface area (Å²) in [4.78, 5) is 28.3. The van der Waals surface area contributed by atoms with Crippen molar-refractivity contribution in [1.82, 2.24) is 15.2 Å². The van der Waals surface area contributed by atoms with Gasteiger partial charge >= 0.3 is 5.69 Å². The van der Waals surface area contributed by atoms with Gasteiger partial charge in [-0.3, -0.25) is 19.8 Å². The number of halogens is 1. The molecule has 1 aliphatic rings. The van der Waals surface area contributed by atoms with E-state index in [-0.39, 0.29) is 16.8 Å². The van der Waals surface area contributed by atoms with E-state index in [9.17, 15) is 14.9 Å². The minimum Gasteiger partial charge on any atom is -0.350 e. The Labute approximate surface area is 127 Å². The van der Waals surface area contributed by atoms with Crippen molar-refractivity contribution in [2.45, 2.75) is 25.8 Å². The largest absolute Gasteiger partial charge is 0.350 e. The summed E-state index contributed by atoms with van der Waals surface area (Å²) in [6.07, 6.45) is 3.63. The Morgan fingerprint density at radius 1 is 1.57 bits per heavy atom. The predicted molar refractivity (Wildman–Crippen MR) is 78.5 cm³/mol. The summed E-state index contributed by atoms with van der Waals surface area (Å²) in [5.41, 5.74) is -0.515. The lowest BCUT2D eigenvalue weighted by atomic mass is 10.2. The summed E-state index contributed by atoms with van der Waals surface area (Å²) in [6.45, 7) is 4.52. The Balaban J connectivity index is 2.03. The average Bonchev–Trinajstić information content (AvgIpc) is 2.97. The zero-order chi connectivity index (χ0) is 15.4. The lowest BCUT2D eigenvalue weighted by molar-refractivity contribution is -0.385. The molecule has 7 nitrogen and oxygen atoms in total. The highest BCUT2D eigenvalue weighted by Crippen LogP contribution is 2.25. The number of rotatable bonds is 5. The zero-order valence-electron chi connectivity index (χ0n) is 11.7. The minimum atomic E-state index is -0.686. The van der Waals surface area contributed by atoms with Gasteiger partial charge in [0, 0.05) is 18.8 Å². The minimum absolute atomic E-state index is 0.0615. The summed E-state index contributed by atoms with van der Waals surface area (Å²) in [6, 6.07) is 1.51. The Hall–Kier alpha value is -1.73. The highest BCUT2D eigenvalue weighted by atomic mass is 35.5. The molecule has 1 saturated heterocycles. The maximum atomic E-state index is 12.1. The summed E-state index contributed by atoms with van der Waals surface area (Å²) in [7, 11) is 0. The second-order valence-electron chi connectivity index (χ2n) is 5.06. The molecule has 2 heterocycles. The standard InChI is InChI=1S/C13H17ClN4O3/c1-9(17-6-2-3-7-17)8-16-13(19)10-4-5-15-12(14)11(10)18(20)21/h4-5,9H,2-3,6-8H2,1H3,(H,16,19). The molecule has 0 bridgehead atoms. The van der Waals surface area contributed by atoms with Gasteiger partial charge in [0.1, 0.15) is 5.56 Å². The van der Waals surface area contributed by atoms with Crippen molar-refractivity contribution < 1.29 is 9.72 Å². The van der Waals surface area contributed by atoms with Gasteiger partial charge in [0.15, 0.2) is 0 Å². The van der Waals surface area contributed by atoms with E-state index in [1.54, 1.807) is 0 Å². The molecule has 1 atom stereocenters. The topological polar surface area (TPSA) is 88.4 Å². The van der Waals surface area contributed by atoms with Crippen LogP contribution in [0.4, 0.5) is 5.69 Å². The van der Waals surface area contributed by atoms with Gasteiger partial charge in [-0.1, -0.05) is 11.6 Å². The molecular weight excluding hydrogens is 296 g/mol. The van der Waals surface area contributed by atoms with Crippen LogP contribution in [0, 0.1) is 10.1 Å². The fourth-order valence-corrected chi connectivity index (χ4v) is 2.66. The molecule has 8 heteroatoms. The van der Waals surface area contributed by atoms with Gasteiger partial charge in [-0.05, 0) is 38.9 Å². The molecule has 2 rings (SSSR count). The molecule has 114 valence electrons. The molecule has 1 amide bonds. The molecule has 1 aromatic heterocycles. The number of carbonyl (C=O) groups is 1. The Morgan fingerprint density at radius 2 is 2.24 bits per heavy atom. The fraction of sp³-hybridized carbons (Fsp3) is 0.538. The van der Waals surface area contributed by atoms with Gasteiger partial charge in [-0.25, -0.2) is 4.98 Å². The molecule has 21 heavy (non-hydrogen) atoms. The van der Waals surface area contributed by atoms with Gasteiger partial charge in [0.05, 0.1) is 4.92 Å². The second-order valence-corrected chi connectivity index (χ2v) is 5.42. The summed E-state index contributed by atoms with van der Waals surface area (Å²) in [5, 5.41) is 13.4. The van der Waals surface area contributed by atoms with Crippen molar-refractivity contribution in [3.05, 3.63) is 33.1 Å². The van der Waals surface area contributed by atoms with Gasteiger partial charge in [-0.15, -0.1) is 0 Å². The zero-order valence-corrected chi connectivity index (χ0v) is 12.5. The highest BCUT2D eigenvalue weighted by Gasteiger charge is 2.25. The lowest BCUT2D eigenvalue weighted by Crippen LogP contribution is -2.40. The van der Waals surface area contributed by atoms with Crippen LogP contribution >= 0.6 is 11.6 Å². The molecule has 1 aromatic rings. The van der Waals surface area contributed by atoms with E-state index in [2.05, 4.69) is 15.2 Å². The fourth-order valence-electron chi connectivity index (χ4n) is 2.43. The maximum Gasteiger partial charge on any atom is 0.319 e. The first-order valence-corrected chi connectivity index (χ1v) is 7.19. The van der Waals surface area contributed by atoms with E-state index in [4.69, 9.17) is 11.6 Å². The molecular formula is C13H17ClN4O3. The SMILES string of the molecule is CC(CNC(=O)c1ccnc(Cl)c1[N+](=O)[O-])N1CCCC1. The van der Waals surface area contributed by atoms with Crippen LogP contribution in [0.25, 0.3) is 0 Å². The van der Waals surface area contributed by atoms with Crippen LogP contribution in [-0.2, 0) is 0 Å². The van der Waals surface area contributed by atoms with Crippen molar-refractivity contribution in [2.24, 2.45) is 0 Å². The van der Waals surface area contributed by atoms with Gasteiger partial charge in [0.25, 0.3) is 5.91 Å². The van der Waals surface area contributed by atoms with E-state index >= 15 is 0 Å². The van der Waals surface area contributed by atoms with E-state index in [0.717, 1.165) is 13.1 Å². The summed E-state index contributed by atoms with van der Waals surface area (Å²) in [5.74, 6) is -0.503. The van der Waals surface area contributed by atoms with Crippen molar-refractivity contribution in [1.29, 1.82) is 0 Å². The van der Waals surface area contributed by atoms with Crippen LogP contribution < -0.4 is 5.32 Å². The number of pyridine rings is 1. The van der Waals surface area contributed by atoms with E-state index < -0.39 is 16.5 Å². The van der Waals surface area contributed by atoms with Crippen molar-refractivity contribution in [3.8, 4) is 0 Å². The van der Waals surface area contributed by atoms with E-state index in [1.165, 1.54) is 25.1 Å². The smallest absolute Gasteiger partial charge is 0.319 e. The molecule has 1 fully saturated rings. The van der Waals surface area contributed by atoms with Crippen molar-refractivity contribution >= 4 is 23.2 Å². The predicted octanol–water partition coefficient (Wildman–Crippen LogP) is 1.86. The van der Waals surface area contributed by atoms with Crippen LogP contribution in [-0.4, -0.2) is 46.4 Å². The van der Waals surface area contributed by atoms with Crippen LogP contribution in [0.3, 0.4) is 0 Å². The third-order valence-electron chi connectivity index (χ3n) is 3.63. The number of aromatic nitrogens is 1. The molecule has 1 unspecified atom stereocenters. The number of hydrogen-bond donors (Lipinski definition) is 1. The lowest BCUT2D eigenvalue weighted by Gasteiger charge is -2.23. The summed E-state index contributed by atoms with van der Waals surface area (Å²) >= 11 is 5.69. The molecule has 0 aromatic carbocycles. The number of hydrogen-bond acceptors (Lipinski definition) is 5. The van der Waals surface area contributed by atoms with Gasteiger partial charge in [-0.2, -0.15) is 0 Å². The molecule has 0 saturated carbocycles. The Kier molecular flexibility index (Phi) is 5.08.